The topological polar surface area (TPSA) is 12.5 Å². The molecule has 1 atom stereocenters. The van der Waals surface area contributed by atoms with Gasteiger partial charge >= 0.3 is 0 Å². The molecule has 292 valence electrons. The molecule has 0 bridgehead atoms. The Morgan fingerprint density at radius 2 is 0.689 bits per heavy atom. The van der Waals surface area contributed by atoms with Crippen LogP contribution in [0.5, 0.6) is 5.75 Å². The third-order valence-corrected chi connectivity index (χ3v) is 12.9. The lowest BCUT2D eigenvalue weighted by Crippen LogP contribution is -2.29. The van der Waals surface area contributed by atoms with E-state index in [2.05, 4.69) is 249 Å². The molecule has 0 aromatic heterocycles. The molecular weight excluding hydrogens is 739 g/mol. The first-order chi connectivity index (χ1) is 30.1. The maximum absolute atomic E-state index is 6.17. The molecule has 2 aliphatic carbocycles. The van der Waals surface area contributed by atoms with Crippen LogP contribution in [-0.2, 0) is 10.8 Å². The van der Waals surface area contributed by atoms with Gasteiger partial charge in [0.2, 0.25) is 0 Å². The molecule has 11 rings (SSSR count). The van der Waals surface area contributed by atoms with Gasteiger partial charge < -0.3 is 9.64 Å². The second-order valence-corrected chi connectivity index (χ2v) is 16.5. The number of hydrogen-bond donors (Lipinski definition) is 0. The van der Waals surface area contributed by atoms with Gasteiger partial charge in [0.1, 0.15) is 5.75 Å². The second-order valence-electron chi connectivity index (χ2n) is 16.5. The zero-order chi connectivity index (χ0) is 41.0. The molecule has 0 saturated carbocycles. The summed E-state index contributed by atoms with van der Waals surface area (Å²) in [5.41, 5.74) is 17.3. The molecule has 9 aromatic carbocycles. The molecule has 0 aliphatic heterocycles. The maximum atomic E-state index is 6.17. The zero-order valence-corrected chi connectivity index (χ0v) is 34.4. The molecule has 2 aliphatic rings. The Hall–Kier alpha value is -7.42. The van der Waals surface area contributed by atoms with Crippen molar-refractivity contribution in [3.05, 3.63) is 275 Å². The fourth-order valence-electron chi connectivity index (χ4n) is 10.5. The Labute approximate surface area is 359 Å². The first-order valence-electron chi connectivity index (χ1n) is 21.4. The van der Waals surface area contributed by atoms with Gasteiger partial charge in [-0.25, -0.2) is 0 Å². The van der Waals surface area contributed by atoms with Crippen molar-refractivity contribution in [1.29, 1.82) is 0 Å². The minimum Gasteiger partial charge on any atom is -0.491 e. The second kappa shape index (κ2) is 14.7. The van der Waals surface area contributed by atoms with Gasteiger partial charge in [0, 0.05) is 17.1 Å². The molecule has 0 heterocycles. The summed E-state index contributed by atoms with van der Waals surface area (Å²) >= 11 is 0. The van der Waals surface area contributed by atoms with Crippen LogP contribution in [0.15, 0.2) is 231 Å². The first-order valence-corrected chi connectivity index (χ1v) is 21.4. The summed E-state index contributed by atoms with van der Waals surface area (Å²) in [6, 6.07) is 85.0. The SMILES string of the molecule is CC(C)Oc1ccc(C2(c3ccccc3)c3ccccc3-c3ccc(N(c4ccccc4)c4ccc5c(c4)C(c4ccccc4)(c4ccccc4)c4ccccc4-5)cc32)cc1. The minimum absolute atomic E-state index is 0.0901. The van der Waals surface area contributed by atoms with E-state index in [1.54, 1.807) is 0 Å². The van der Waals surface area contributed by atoms with E-state index in [1.807, 2.05) is 0 Å². The lowest BCUT2D eigenvalue weighted by molar-refractivity contribution is 0.242. The van der Waals surface area contributed by atoms with Crippen molar-refractivity contribution in [2.75, 3.05) is 4.90 Å². The Bertz CT molecular complexity index is 2970. The number of para-hydroxylation sites is 1. The van der Waals surface area contributed by atoms with E-state index < -0.39 is 10.8 Å². The number of anilines is 3. The fourth-order valence-corrected chi connectivity index (χ4v) is 10.5. The molecule has 0 saturated heterocycles. The van der Waals surface area contributed by atoms with E-state index in [0.717, 1.165) is 22.8 Å². The van der Waals surface area contributed by atoms with Gasteiger partial charge in [-0.1, -0.05) is 182 Å². The molecule has 2 heteroatoms. The molecule has 1 unspecified atom stereocenters. The Kier molecular flexibility index (Phi) is 8.83. The monoisotopic (exact) mass is 783 g/mol. The molecule has 0 amide bonds. The number of rotatable bonds is 9. The highest BCUT2D eigenvalue weighted by Crippen LogP contribution is 2.59. The number of benzene rings is 9. The van der Waals surface area contributed by atoms with Crippen molar-refractivity contribution in [2.45, 2.75) is 30.8 Å². The average Bonchev–Trinajstić information content (AvgIpc) is 3.78. The largest absolute Gasteiger partial charge is 0.491 e. The van der Waals surface area contributed by atoms with Crippen LogP contribution in [-0.4, -0.2) is 6.10 Å². The van der Waals surface area contributed by atoms with Crippen LogP contribution in [0.4, 0.5) is 17.1 Å². The van der Waals surface area contributed by atoms with Crippen molar-refractivity contribution < 1.29 is 4.74 Å². The highest BCUT2D eigenvalue weighted by atomic mass is 16.5. The van der Waals surface area contributed by atoms with E-state index in [0.29, 0.717) is 0 Å². The van der Waals surface area contributed by atoms with E-state index in [-0.39, 0.29) is 6.10 Å². The quantitative estimate of drug-likeness (QED) is 0.145. The van der Waals surface area contributed by atoms with Crippen LogP contribution in [0.25, 0.3) is 22.3 Å². The Balaban J connectivity index is 1.17. The van der Waals surface area contributed by atoms with Crippen LogP contribution >= 0.6 is 0 Å². The van der Waals surface area contributed by atoms with E-state index >= 15 is 0 Å². The highest BCUT2D eigenvalue weighted by Gasteiger charge is 2.48. The summed E-state index contributed by atoms with van der Waals surface area (Å²) in [7, 11) is 0. The number of ether oxygens (including phenoxy) is 1. The molecule has 0 spiro atoms. The Morgan fingerprint density at radius 3 is 1.11 bits per heavy atom. The molecule has 2 nitrogen and oxygen atoms in total. The molecule has 61 heavy (non-hydrogen) atoms. The smallest absolute Gasteiger partial charge is 0.119 e. The van der Waals surface area contributed by atoms with E-state index in [9.17, 15) is 0 Å². The van der Waals surface area contributed by atoms with Crippen LogP contribution in [0.1, 0.15) is 58.4 Å². The van der Waals surface area contributed by atoms with Crippen molar-refractivity contribution in [1.82, 2.24) is 0 Å². The zero-order valence-electron chi connectivity index (χ0n) is 34.4. The Morgan fingerprint density at radius 1 is 0.328 bits per heavy atom. The normalized spacial score (nSPS) is 15.4. The molecule has 9 aromatic rings. The standard InChI is InChI=1S/C59H45NO/c1-41(2)61-49-35-31-45(32-36-49)59(44-23-11-5-12-24-44)55-30-18-16-28-51(55)53-38-34-48(40-57(53)59)60(46-25-13-6-14-26-46)47-33-37-52-50-27-15-17-29-54(50)58(56(52)39-47,42-19-7-3-8-20-42)43-21-9-4-10-22-43/h3-41H,1-2H3. The van der Waals surface area contributed by atoms with Crippen molar-refractivity contribution >= 4 is 17.1 Å². The minimum atomic E-state index is -0.572. The summed E-state index contributed by atoms with van der Waals surface area (Å²) in [6.07, 6.45) is 0.0901. The first kappa shape index (κ1) is 36.6. The molecule has 0 N–H and O–H groups in total. The van der Waals surface area contributed by atoms with Crippen LogP contribution in [0.2, 0.25) is 0 Å². The molecule has 0 radical (unpaired) electrons. The summed E-state index contributed by atoms with van der Waals surface area (Å²) in [5, 5.41) is 0. The van der Waals surface area contributed by atoms with Gasteiger partial charge in [-0.05, 0) is 129 Å². The average molecular weight is 784 g/mol. The molecule has 0 fully saturated rings. The summed E-state index contributed by atoms with van der Waals surface area (Å²) < 4.78 is 6.17. The van der Waals surface area contributed by atoms with Crippen LogP contribution in [0.3, 0.4) is 0 Å². The highest BCUT2D eigenvalue weighted by molar-refractivity contribution is 5.92. The van der Waals surface area contributed by atoms with Crippen LogP contribution in [0, 0.1) is 0 Å². The van der Waals surface area contributed by atoms with Crippen molar-refractivity contribution in [3.63, 3.8) is 0 Å². The predicted molar refractivity (Wildman–Crippen MR) is 251 cm³/mol. The summed E-state index contributed by atoms with van der Waals surface area (Å²) in [6.45, 7) is 4.15. The lowest BCUT2D eigenvalue weighted by atomic mass is 9.67. The fraction of sp³-hybridized carbons (Fsp3) is 0.0847. The number of hydrogen-bond acceptors (Lipinski definition) is 2. The van der Waals surface area contributed by atoms with Gasteiger partial charge in [0.25, 0.3) is 0 Å². The van der Waals surface area contributed by atoms with Gasteiger partial charge in [-0.2, -0.15) is 0 Å². The van der Waals surface area contributed by atoms with Crippen molar-refractivity contribution in [3.8, 4) is 28.0 Å². The van der Waals surface area contributed by atoms with Gasteiger partial charge in [0.15, 0.2) is 0 Å². The third kappa shape index (κ3) is 5.63. The number of fused-ring (bicyclic) bond motifs is 6. The summed E-state index contributed by atoms with van der Waals surface area (Å²) in [5.74, 6) is 0.873. The maximum Gasteiger partial charge on any atom is 0.119 e. The predicted octanol–water partition coefficient (Wildman–Crippen LogP) is 14.7. The van der Waals surface area contributed by atoms with Gasteiger partial charge in [0.05, 0.1) is 16.9 Å². The van der Waals surface area contributed by atoms with Crippen molar-refractivity contribution in [2.24, 2.45) is 0 Å². The summed E-state index contributed by atoms with van der Waals surface area (Å²) in [4.78, 5) is 2.45. The third-order valence-electron chi connectivity index (χ3n) is 12.9. The van der Waals surface area contributed by atoms with E-state index in [1.165, 1.54) is 66.8 Å². The lowest BCUT2D eigenvalue weighted by Gasteiger charge is -2.36. The molecular formula is C59H45NO. The van der Waals surface area contributed by atoms with E-state index in [4.69, 9.17) is 4.74 Å². The van der Waals surface area contributed by atoms with Gasteiger partial charge in [-0.3, -0.25) is 0 Å². The number of nitrogens with zero attached hydrogens (tertiary/aromatic N) is 1. The van der Waals surface area contributed by atoms with Crippen LogP contribution < -0.4 is 9.64 Å². The van der Waals surface area contributed by atoms with Gasteiger partial charge in [-0.15, -0.1) is 0 Å².